The average Bonchev–Trinajstić information content (AvgIpc) is 2.89. The van der Waals surface area contributed by atoms with Gasteiger partial charge in [-0.25, -0.2) is 14.5 Å². The maximum Gasteiger partial charge on any atom is 0.335 e. The Morgan fingerprint density at radius 1 is 1.48 bits per heavy atom. The molecule has 1 aliphatic carbocycles. The Balaban J connectivity index is 2.34. The molecule has 1 saturated carbocycles. The third-order valence-electron chi connectivity index (χ3n) is 5.17. The van der Waals surface area contributed by atoms with Gasteiger partial charge in [0.25, 0.3) is 0 Å². The summed E-state index contributed by atoms with van der Waals surface area (Å²) >= 11 is 0. The lowest BCUT2D eigenvalue weighted by atomic mass is 9.86. The maximum atomic E-state index is 12.8. The van der Waals surface area contributed by atoms with Crippen LogP contribution < -0.4 is 0 Å². The van der Waals surface area contributed by atoms with Gasteiger partial charge in [0.15, 0.2) is 11.4 Å². The molecule has 1 fully saturated rings. The third kappa shape index (κ3) is 1.44. The Labute approximate surface area is 133 Å². The molecule has 120 valence electrons. The molecule has 3 atom stereocenters. The molecule has 0 bridgehead atoms. The van der Waals surface area contributed by atoms with Crippen molar-refractivity contribution < 1.29 is 14.3 Å². The number of nitriles is 1. The fraction of sp³-hybridized carbons (Fsp3) is 0.562. The quantitative estimate of drug-likeness (QED) is 0.788. The lowest BCUT2D eigenvalue weighted by molar-refractivity contribution is -0.151. The number of esters is 1. The molecule has 3 unspecified atom stereocenters. The Morgan fingerprint density at radius 2 is 2.17 bits per heavy atom. The molecule has 0 radical (unpaired) electrons. The number of Topliss-reactive ketones (excluding diaryl/α,β-unsaturated/α-hetero) is 1. The lowest BCUT2D eigenvalue weighted by Crippen LogP contribution is -2.45. The molecule has 0 saturated heterocycles. The topological polar surface area (TPSA) is 97.3 Å². The number of carbonyl (C=O) groups is 2. The van der Waals surface area contributed by atoms with E-state index in [0.717, 1.165) is 0 Å². The van der Waals surface area contributed by atoms with Gasteiger partial charge in [0.05, 0.1) is 12.8 Å². The van der Waals surface area contributed by atoms with Crippen LogP contribution in [0, 0.1) is 22.7 Å². The molecule has 1 aliphatic heterocycles. The summed E-state index contributed by atoms with van der Waals surface area (Å²) < 4.78 is 6.70. The van der Waals surface area contributed by atoms with E-state index in [4.69, 9.17) is 4.74 Å². The summed E-state index contributed by atoms with van der Waals surface area (Å²) in [6.07, 6.45) is 1.90. The number of carbonyl (C=O) groups excluding carboxylic acids is 2. The van der Waals surface area contributed by atoms with Crippen molar-refractivity contribution in [2.24, 2.45) is 16.3 Å². The molecule has 7 nitrogen and oxygen atoms in total. The second-order valence-corrected chi connectivity index (χ2v) is 5.89. The van der Waals surface area contributed by atoms with Crippen LogP contribution in [0.15, 0.2) is 11.2 Å². The second kappa shape index (κ2) is 4.75. The molecule has 2 heterocycles. The normalized spacial score (nSPS) is 30.6. The molecular weight excluding hydrogens is 296 g/mol. The Morgan fingerprint density at radius 3 is 2.70 bits per heavy atom. The van der Waals surface area contributed by atoms with Gasteiger partial charge in [-0.1, -0.05) is 13.8 Å². The standard InChI is InChI=1S/C16H18N4O3/c1-5-12-15(10(4)21)9(3)16(15,14(22)23-6-2)20-13(19-12)11(7-17)8-18-20/h8-9H,5-6H2,1-4H3. The zero-order chi connectivity index (χ0) is 17.0. The molecule has 7 heteroatoms. The summed E-state index contributed by atoms with van der Waals surface area (Å²) in [4.78, 5) is 29.9. The SMILES string of the molecule is CCOC(=O)C12C(C)C1(C(C)=O)C(CC)=Nc1c(C#N)cnn12. The molecule has 23 heavy (non-hydrogen) atoms. The van der Waals surface area contributed by atoms with Crippen LogP contribution in [0.4, 0.5) is 5.82 Å². The predicted octanol–water partition coefficient (Wildman–Crippen LogP) is 1.73. The lowest BCUT2D eigenvalue weighted by Gasteiger charge is -2.28. The summed E-state index contributed by atoms with van der Waals surface area (Å²) in [7, 11) is 0. The minimum Gasteiger partial charge on any atom is -0.464 e. The highest BCUT2D eigenvalue weighted by molar-refractivity contribution is 6.20. The van der Waals surface area contributed by atoms with E-state index < -0.39 is 16.9 Å². The van der Waals surface area contributed by atoms with Crippen molar-refractivity contribution in [3.63, 3.8) is 0 Å². The van der Waals surface area contributed by atoms with E-state index >= 15 is 0 Å². The van der Waals surface area contributed by atoms with E-state index in [1.807, 2.05) is 19.9 Å². The van der Waals surface area contributed by atoms with E-state index in [1.165, 1.54) is 17.8 Å². The van der Waals surface area contributed by atoms with Crippen LogP contribution in [0.2, 0.25) is 0 Å². The van der Waals surface area contributed by atoms with Crippen molar-refractivity contribution in [2.75, 3.05) is 6.61 Å². The Bertz CT molecular complexity index is 788. The zero-order valence-electron chi connectivity index (χ0n) is 13.6. The molecule has 0 spiro atoms. The van der Waals surface area contributed by atoms with Gasteiger partial charge < -0.3 is 4.74 Å². The number of nitrogens with zero attached hydrogens (tertiary/aromatic N) is 4. The van der Waals surface area contributed by atoms with Gasteiger partial charge in [-0.15, -0.1) is 0 Å². The van der Waals surface area contributed by atoms with Crippen LogP contribution in [-0.2, 0) is 19.9 Å². The van der Waals surface area contributed by atoms with Gasteiger partial charge >= 0.3 is 5.97 Å². The van der Waals surface area contributed by atoms with Gasteiger partial charge in [0.1, 0.15) is 22.8 Å². The van der Waals surface area contributed by atoms with E-state index in [9.17, 15) is 14.9 Å². The van der Waals surface area contributed by atoms with Crippen molar-refractivity contribution >= 4 is 23.3 Å². The summed E-state index contributed by atoms with van der Waals surface area (Å²) in [5, 5.41) is 13.5. The van der Waals surface area contributed by atoms with Crippen molar-refractivity contribution in [3.05, 3.63) is 11.8 Å². The molecule has 0 aromatic carbocycles. The first-order chi connectivity index (χ1) is 10.9. The summed E-state index contributed by atoms with van der Waals surface area (Å²) in [6, 6.07) is 2.04. The predicted molar refractivity (Wildman–Crippen MR) is 81.2 cm³/mol. The van der Waals surface area contributed by atoms with E-state index in [2.05, 4.69) is 10.1 Å². The van der Waals surface area contributed by atoms with Gasteiger partial charge in [0, 0.05) is 11.6 Å². The smallest absolute Gasteiger partial charge is 0.335 e. The average molecular weight is 314 g/mol. The summed E-state index contributed by atoms with van der Waals surface area (Å²) in [5.74, 6) is -0.604. The van der Waals surface area contributed by atoms with E-state index in [-0.39, 0.29) is 23.9 Å². The molecule has 3 rings (SSSR count). The Hall–Kier alpha value is -2.49. The second-order valence-electron chi connectivity index (χ2n) is 5.89. The fourth-order valence-corrected chi connectivity index (χ4v) is 4.26. The first-order valence-electron chi connectivity index (χ1n) is 7.69. The molecule has 1 aromatic heterocycles. The highest BCUT2D eigenvalue weighted by Gasteiger charge is 2.87. The van der Waals surface area contributed by atoms with Gasteiger partial charge in [-0.05, 0) is 20.3 Å². The van der Waals surface area contributed by atoms with Crippen LogP contribution in [0.1, 0.15) is 39.7 Å². The van der Waals surface area contributed by atoms with Crippen molar-refractivity contribution in [3.8, 4) is 6.07 Å². The molecule has 2 aliphatic rings. The number of ether oxygens (including phenoxy) is 1. The highest BCUT2D eigenvalue weighted by Crippen LogP contribution is 2.71. The van der Waals surface area contributed by atoms with Gasteiger partial charge in [-0.3, -0.25) is 4.79 Å². The van der Waals surface area contributed by atoms with Gasteiger partial charge in [0.2, 0.25) is 0 Å². The van der Waals surface area contributed by atoms with Crippen LogP contribution in [0.3, 0.4) is 0 Å². The number of hydrogen-bond donors (Lipinski definition) is 0. The largest absolute Gasteiger partial charge is 0.464 e. The summed E-state index contributed by atoms with van der Waals surface area (Å²) in [5.41, 5.74) is -1.35. The van der Waals surface area contributed by atoms with Crippen LogP contribution >= 0.6 is 0 Å². The number of fused-ring (bicyclic) bond motifs is 3. The van der Waals surface area contributed by atoms with Crippen LogP contribution in [0.5, 0.6) is 0 Å². The highest BCUT2D eigenvalue weighted by atomic mass is 16.5. The van der Waals surface area contributed by atoms with Crippen LogP contribution in [-0.4, -0.2) is 33.9 Å². The third-order valence-corrected chi connectivity index (χ3v) is 5.17. The number of rotatable bonds is 4. The number of aliphatic imine (C=N–C) groups is 1. The number of aromatic nitrogens is 2. The molecular formula is C16H18N4O3. The monoisotopic (exact) mass is 314 g/mol. The maximum absolute atomic E-state index is 12.8. The number of ketones is 1. The molecule has 0 N–H and O–H groups in total. The van der Waals surface area contributed by atoms with E-state index in [0.29, 0.717) is 18.0 Å². The van der Waals surface area contributed by atoms with Gasteiger partial charge in [-0.2, -0.15) is 10.4 Å². The van der Waals surface area contributed by atoms with Crippen LogP contribution in [0.25, 0.3) is 0 Å². The zero-order valence-corrected chi connectivity index (χ0v) is 13.6. The van der Waals surface area contributed by atoms with Crippen molar-refractivity contribution in [1.29, 1.82) is 5.26 Å². The van der Waals surface area contributed by atoms with Crippen molar-refractivity contribution in [2.45, 2.75) is 39.7 Å². The minimum atomic E-state index is -1.23. The van der Waals surface area contributed by atoms with E-state index in [1.54, 1.807) is 6.92 Å². The Kier molecular flexibility index (Phi) is 3.18. The fourth-order valence-electron chi connectivity index (χ4n) is 4.26. The first-order valence-corrected chi connectivity index (χ1v) is 7.69. The first kappa shape index (κ1) is 15.4. The summed E-state index contributed by atoms with van der Waals surface area (Å²) in [6.45, 7) is 7.14. The molecule has 1 aromatic rings. The minimum absolute atomic E-state index is 0.127. The molecule has 0 amide bonds. The number of hydrogen-bond acceptors (Lipinski definition) is 6. The van der Waals surface area contributed by atoms with Crippen molar-refractivity contribution in [1.82, 2.24) is 9.78 Å².